The van der Waals surface area contributed by atoms with Crippen LogP contribution in [0.2, 0.25) is 0 Å². The summed E-state index contributed by atoms with van der Waals surface area (Å²) in [6.45, 7) is 6.11. The van der Waals surface area contributed by atoms with Crippen molar-refractivity contribution in [2.24, 2.45) is 0 Å². The maximum absolute atomic E-state index is 12.7. The van der Waals surface area contributed by atoms with E-state index in [9.17, 15) is 13.6 Å². The average molecular weight is 372 g/mol. The largest absolute Gasteiger partial charge is 0.370 e. The highest BCUT2D eigenvalue weighted by Crippen LogP contribution is 2.21. The number of nitrogens with zero attached hydrogens (tertiary/aromatic N) is 2. The molecule has 1 heterocycles. The molecule has 0 atom stereocenters. The molecule has 1 amide bonds. The average Bonchev–Trinajstić information content (AvgIpc) is 3.09. The third-order valence-electron chi connectivity index (χ3n) is 4.47. The first kappa shape index (κ1) is 18.8. The fraction of sp³-hybridized carbons (Fsp3) is 0.300. The number of aromatic nitrogens is 2. The zero-order valence-electron chi connectivity index (χ0n) is 15.3. The molecule has 2 aromatic carbocycles. The van der Waals surface area contributed by atoms with Gasteiger partial charge in [0, 0.05) is 30.9 Å². The summed E-state index contributed by atoms with van der Waals surface area (Å²) >= 11 is 0. The monoisotopic (exact) mass is 372 g/mol. The predicted octanol–water partition coefficient (Wildman–Crippen LogP) is 4.07. The molecule has 0 aliphatic carbocycles. The summed E-state index contributed by atoms with van der Waals surface area (Å²) in [7, 11) is 0. The quantitative estimate of drug-likeness (QED) is 0.657. The molecule has 0 aliphatic rings. The number of hydrogen-bond donors (Lipinski definition) is 2. The summed E-state index contributed by atoms with van der Waals surface area (Å²) in [4.78, 5) is 20.9. The van der Waals surface area contributed by atoms with Gasteiger partial charge >= 0.3 is 0 Å². The summed E-state index contributed by atoms with van der Waals surface area (Å²) in [6.07, 6.45) is -2.67. The fourth-order valence-electron chi connectivity index (χ4n) is 3.05. The number of halogens is 2. The molecule has 5 nitrogen and oxygen atoms in total. The molecule has 0 bridgehead atoms. The van der Waals surface area contributed by atoms with Crippen molar-refractivity contribution in [1.82, 2.24) is 15.3 Å². The molecule has 0 aliphatic heterocycles. The third kappa shape index (κ3) is 4.24. The molecule has 3 aromatic rings. The number of aryl methyl sites for hydroxylation is 1. The molecule has 27 heavy (non-hydrogen) atoms. The Labute approximate surface area is 156 Å². The molecule has 0 spiro atoms. The number of alkyl halides is 2. The molecular weight excluding hydrogens is 350 g/mol. The van der Waals surface area contributed by atoms with E-state index in [1.54, 1.807) is 18.2 Å². The van der Waals surface area contributed by atoms with E-state index in [1.807, 2.05) is 12.1 Å². The summed E-state index contributed by atoms with van der Waals surface area (Å²) in [6, 6.07) is 12.8. The van der Waals surface area contributed by atoms with Gasteiger partial charge in [0.05, 0.1) is 11.0 Å². The van der Waals surface area contributed by atoms with Gasteiger partial charge in [-0.3, -0.25) is 4.79 Å². The Morgan fingerprint density at radius 2 is 2.04 bits per heavy atom. The molecule has 0 saturated carbocycles. The van der Waals surface area contributed by atoms with Gasteiger partial charge in [-0.2, -0.15) is 0 Å². The lowest BCUT2D eigenvalue weighted by Gasteiger charge is -2.25. The van der Waals surface area contributed by atoms with Crippen molar-refractivity contribution >= 4 is 22.6 Å². The molecule has 7 heteroatoms. The van der Waals surface area contributed by atoms with E-state index in [1.165, 1.54) is 5.56 Å². The zero-order chi connectivity index (χ0) is 19.4. The zero-order valence-corrected chi connectivity index (χ0v) is 15.3. The Morgan fingerprint density at radius 1 is 1.26 bits per heavy atom. The van der Waals surface area contributed by atoms with Crippen LogP contribution in [0.1, 0.15) is 35.1 Å². The van der Waals surface area contributed by atoms with Crippen molar-refractivity contribution in [3.05, 3.63) is 59.4 Å². The lowest BCUT2D eigenvalue weighted by Crippen LogP contribution is -2.35. The Hall–Kier alpha value is -2.96. The molecule has 142 valence electrons. The minimum Gasteiger partial charge on any atom is -0.370 e. The Morgan fingerprint density at radius 3 is 2.74 bits per heavy atom. The number of imidazole rings is 1. The van der Waals surface area contributed by atoms with Crippen LogP contribution < -0.4 is 10.2 Å². The second kappa shape index (κ2) is 8.16. The number of amides is 1. The van der Waals surface area contributed by atoms with Crippen LogP contribution in [0.5, 0.6) is 0 Å². The Bertz CT molecular complexity index is 939. The van der Waals surface area contributed by atoms with Crippen LogP contribution >= 0.6 is 0 Å². The number of aromatic amines is 1. The predicted molar refractivity (Wildman–Crippen MR) is 102 cm³/mol. The third-order valence-corrected chi connectivity index (χ3v) is 4.47. The van der Waals surface area contributed by atoms with Crippen LogP contribution in [0.15, 0.2) is 42.5 Å². The summed E-state index contributed by atoms with van der Waals surface area (Å²) < 4.78 is 25.5. The van der Waals surface area contributed by atoms with E-state index >= 15 is 0 Å². The van der Waals surface area contributed by atoms with Crippen molar-refractivity contribution in [2.75, 3.05) is 24.5 Å². The van der Waals surface area contributed by atoms with Gasteiger partial charge in [-0.25, -0.2) is 13.8 Å². The second-order valence-electron chi connectivity index (χ2n) is 6.28. The Kier molecular flexibility index (Phi) is 5.69. The molecular formula is C20H22F2N4O. The number of nitrogens with one attached hydrogen (secondary N) is 2. The van der Waals surface area contributed by atoms with Crippen molar-refractivity contribution in [3.8, 4) is 0 Å². The van der Waals surface area contributed by atoms with E-state index in [-0.39, 0.29) is 11.7 Å². The van der Waals surface area contributed by atoms with Gasteiger partial charge in [0.15, 0.2) is 5.82 Å². The van der Waals surface area contributed by atoms with Gasteiger partial charge in [-0.15, -0.1) is 0 Å². The molecule has 2 N–H and O–H groups in total. The van der Waals surface area contributed by atoms with E-state index in [0.717, 1.165) is 12.2 Å². The number of anilines is 1. The lowest BCUT2D eigenvalue weighted by molar-refractivity contribution is 0.0954. The SMILES string of the molecule is CCN(CCNC(=O)c1ccc2nc(C(F)F)[nH]c2c1)c1ccccc1C. The normalized spacial score (nSPS) is 11.1. The van der Waals surface area contributed by atoms with Crippen LogP contribution in [-0.4, -0.2) is 35.5 Å². The number of H-pyrrole nitrogens is 1. The van der Waals surface area contributed by atoms with Gasteiger partial charge in [0.2, 0.25) is 0 Å². The fourth-order valence-corrected chi connectivity index (χ4v) is 3.05. The highest BCUT2D eigenvalue weighted by Gasteiger charge is 2.14. The number of carbonyl (C=O) groups excluding carboxylic acids is 1. The van der Waals surface area contributed by atoms with Crippen LogP contribution in [0.4, 0.5) is 14.5 Å². The van der Waals surface area contributed by atoms with Crippen LogP contribution in [0, 0.1) is 6.92 Å². The van der Waals surface area contributed by atoms with E-state index in [0.29, 0.717) is 29.7 Å². The Balaban J connectivity index is 1.63. The van der Waals surface area contributed by atoms with Gasteiger partial charge in [0.25, 0.3) is 12.3 Å². The maximum atomic E-state index is 12.7. The number of fused-ring (bicyclic) bond motifs is 1. The molecule has 0 saturated heterocycles. The molecule has 3 rings (SSSR count). The van der Waals surface area contributed by atoms with E-state index in [4.69, 9.17) is 0 Å². The number of rotatable bonds is 7. The first-order valence-corrected chi connectivity index (χ1v) is 8.86. The van der Waals surface area contributed by atoms with E-state index in [2.05, 4.69) is 46.2 Å². The number of benzene rings is 2. The van der Waals surface area contributed by atoms with Gasteiger partial charge in [-0.05, 0) is 43.7 Å². The second-order valence-corrected chi connectivity index (χ2v) is 6.28. The lowest BCUT2D eigenvalue weighted by atomic mass is 10.1. The highest BCUT2D eigenvalue weighted by molar-refractivity contribution is 5.97. The number of hydrogen-bond acceptors (Lipinski definition) is 3. The van der Waals surface area contributed by atoms with Crippen LogP contribution in [-0.2, 0) is 0 Å². The summed E-state index contributed by atoms with van der Waals surface area (Å²) in [5.74, 6) is -0.634. The van der Waals surface area contributed by atoms with Crippen molar-refractivity contribution in [1.29, 1.82) is 0 Å². The summed E-state index contributed by atoms with van der Waals surface area (Å²) in [5.41, 5.74) is 3.58. The van der Waals surface area contributed by atoms with Crippen LogP contribution in [0.3, 0.4) is 0 Å². The molecule has 0 fully saturated rings. The number of carbonyl (C=O) groups is 1. The number of para-hydroxylation sites is 1. The summed E-state index contributed by atoms with van der Waals surface area (Å²) in [5, 5.41) is 2.88. The molecule has 0 radical (unpaired) electrons. The number of likely N-dealkylation sites (N-methyl/N-ethyl adjacent to an activating group) is 1. The van der Waals surface area contributed by atoms with Crippen molar-refractivity contribution < 1.29 is 13.6 Å². The standard InChI is InChI=1S/C20H22F2N4O/c1-3-26(17-7-5-4-6-13(17)2)11-10-23-20(27)14-8-9-15-16(12-14)25-19(24-15)18(21)22/h4-9,12,18H,3,10-11H2,1-2H3,(H,23,27)(H,24,25). The topological polar surface area (TPSA) is 61.0 Å². The highest BCUT2D eigenvalue weighted by atomic mass is 19.3. The maximum Gasteiger partial charge on any atom is 0.295 e. The molecule has 0 unspecified atom stereocenters. The van der Waals surface area contributed by atoms with Gasteiger partial charge < -0.3 is 15.2 Å². The smallest absolute Gasteiger partial charge is 0.295 e. The van der Waals surface area contributed by atoms with Gasteiger partial charge in [0.1, 0.15) is 0 Å². The van der Waals surface area contributed by atoms with Crippen molar-refractivity contribution in [2.45, 2.75) is 20.3 Å². The van der Waals surface area contributed by atoms with Crippen molar-refractivity contribution in [3.63, 3.8) is 0 Å². The van der Waals surface area contributed by atoms with E-state index < -0.39 is 6.43 Å². The first-order chi connectivity index (χ1) is 13.0. The minimum atomic E-state index is -2.67. The van der Waals surface area contributed by atoms with Crippen LogP contribution in [0.25, 0.3) is 11.0 Å². The first-order valence-electron chi connectivity index (χ1n) is 8.86. The van der Waals surface area contributed by atoms with Gasteiger partial charge in [-0.1, -0.05) is 18.2 Å². The molecule has 1 aromatic heterocycles. The minimum absolute atomic E-state index is 0.245.